The van der Waals surface area contributed by atoms with Gasteiger partial charge in [-0.15, -0.1) is 0 Å². The summed E-state index contributed by atoms with van der Waals surface area (Å²) in [6, 6.07) is 14.1. The largest absolute Gasteiger partial charge is 0.507 e. The molecule has 10 heteroatoms. The van der Waals surface area contributed by atoms with Crippen molar-refractivity contribution in [3.8, 4) is 23.0 Å². The number of ketones is 1. The van der Waals surface area contributed by atoms with Gasteiger partial charge >= 0.3 is 5.91 Å². The van der Waals surface area contributed by atoms with Crippen molar-refractivity contribution in [3.05, 3.63) is 76.9 Å². The number of ether oxygens (including phenoxy) is 3. The Morgan fingerprint density at radius 3 is 2.67 bits per heavy atom. The van der Waals surface area contributed by atoms with Crippen LogP contribution in [0.25, 0.3) is 16.0 Å². The van der Waals surface area contributed by atoms with Crippen molar-refractivity contribution < 1.29 is 34.0 Å². The summed E-state index contributed by atoms with van der Waals surface area (Å²) in [6.07, 6.45) is 0.670. The molecule has 2 aliphatic rings. The summed E-state index contributed by atoms with van der Waals surface area (Å²) in [5, 5.41) is 22.0. The Morgan fingerprint density at radius 2 is 1.90 bits per heavy atom. The van der Waals surface area contributed by atoms with Crippen LogP contribution in [0.4, 0.5) is 5.13 Å². The maximum absolute atomic E-state index is 13.6. The zero-order valence-electron chi connectivity index (χ0n) is 21.3. The number of rotatable bonds is 5. The molecule has 1 fully saturated rings. The third-order valence-electron chi connectivity index (χ3n) is 6.92. The third kappa shape index (κ3) is 4.04. The van der Waals surface area contributed by atoms with Gasteiger partial charge < -0.3 is 24.4 Å². The van der Waals surface area contributed by atoms with Crippen molar-refractivity contribution in [2.45, 2.75) is 25.5 Å². The molecular weight excluding hydrogens is 520 g/mol. The number of carbonyl (C=O) groups excluding carboxylic acids is 2. The van der Waals surface area contributed by atoms with Crippen LogP contribution in [0.1, 0.15) is 29.7 Å². The van der Waals surface area contributed by atoms with Crippen LogP contribution in [0.15, 0.2) is 60.2 Å². The number of carbonyl (C=O) groups is 2. The average molecular weight is 545 g/mol. The minimum absolute atomic E-state index is 0.00472. The van der Waals surface area contributed by atoms with Crippen LogP contribution < -0.4 is 19.1 Å². The molecule has 1 saturated heterocycles. The van der Waals surface area contributed by atoms with E-state index in [2.05, 4.69) is 4.98 Å². The number of fused-ring (bicyclic) bond motifs is 2. The van der Waals surface area contributed by atoms with E-state index < -0.39 is 17.7 Å². The van der Waals surface area contributed by atoms with E-state index in [-0.39, 0.29) is 34.1 Å². The van der Waals surface area contributed by atoms with Crippen molar-refractivity contribution in [1.82, 2.24) is 4.98 Å². The van der Waals surface area contributed by atoms with Crippen molar-refractivity contribution in [1.29, 1.82) is 0 Å². The number of aliphatic hydroxyl groups is 1. The van der Waals surface area contributed by atoms with Crippen molar-refractivity contribution in [2.75, 3.05) is 19.1 Å². The van der Waals surface area contributed by atoms with E-state index in [0.29, 0.717) is 28.8 Å². The molecule has 2 atom stereocenters. The molecule has 0 aliphatic carbocycles. The molecule has 1 aromatic heterocycles. The molecule has 198 valence electrons. The molecule has 1 amide bonds. The van der Waals surface area contributed by atoms with E-state index in [4.69, 9.17) is 14.2 Å². The fourth-order valence-electron chi connectivity index (χ4n) is 5.06. The van der Waals surface area contributed by atoms with Gasteiger partial charge in [0.25, 0.3) is 5.78 Å². The predicted octanol–water partition coefficient (Wildman–Crippen LogP) is 4.97. The second kappa shape index (κ2) is 9.32. The molecule has 39 heavy (non-hydrogen) atoms. The topological polar surface area (TPSA) is 118 Å². The molecule has 2 N–H and O–H groups in total. The number of aromatic nitrogens is 1. The number of Topliss-reactive ketones (excluding diaryl/α,β-unsaturated/α-hetero) is 1. The SMILES string of the molecule is COc1ccc2nc(N3C(=O)C(=O)C(=C(O)c4ccc5c(c4)C[C@H](C)O5)[C@H]3c3ccc(O)c(OC)c3)sc2c1. The van der Waals surface area contributed by atoms with Crippen molar-refractivity contribution in [2.24, 2.45) is 0 Å². The first-order valence-electron chi connectivity index (χ1n) is 12.2. The molecule has 0 saturated carbocycles. The lowest BCUT2D eigenvalue weighted by atomic mass is 9.94. The van der Waals surface area contributed by atoms with Gasteiger partial charge in [-0.1, -0.05) is 17.4 Å². The minimum Gasteiger partial charge on any atom is -0.507 e. The summed E-state index contributed by atoms with van der Waals surface area (Å²) in [7, 11) is 2.97. The fourth-order valence-corrected chi connectivity index (χ4v) is 6.08. The minimum atomic E-state index is -1.02. The molecule has 6 rings (SSSR count). The van der Waals surface area contributed by atoms with Crippen LogP contribution in [-0.2, 0) is 16.0 Å². The lowest BCUT2D eigenvalue weighted by molar-refractivity contribution is -0.132. The van der Waals surface area contributed by atoms with Gasteiger partial charge in [0.05, 0.1) is 36.1 Å². The molecule has 3 heterocycles. The standard InChI is InChI=1S/C29H24N2O7S/c1-14-10-17-11-16(5-9-21(17)38-14)26(33)24-25(15-4-8-20(32)22(12-15)37-3)31(28(35)27(24)34)29-30-19-7-6-18(36-2)13-23(19)39-29/h4-9,11-14,25,32-33H,10H2,1-3H3/t14-,25+/m0/s1. The van der Waals surface area contributed by atoms with Crippen LogP contribution in [0, 0.1) is 0 Å². The number of phenolic OH excluding ortho intramolecular Hbond substituents is 1. The number of anilines is 1. The number of methoxy groups -OCH3 is 2. The molecule has 0 unspecified atom stereocenters. The number of thiazole rings is 1. The first kappa shape index (κ1) is 24.7. The van der Waals surface area contributed by atoms with Crippen LogP contribution in [-0.4, -0.2) is 47.2 Å². The Balaban J connectivity index is 1.54. The van der Waals surface area contributed by atoms with E-state index in [9.17, 15) is 19.8 Å². The van der Waals surface area contributed by atoms with Gasteiger partial charge in [0.1, 0.15) is 23.4 Å². The molecule has 4 aromatic rings. The summed E-state index contributed by atoms with van der Waals surface area (Å²) in [4.78, 5) is 33.0. The number of aliphatic hydroxyl groups excluding tert-OH is 1. The van der Waals surface area contributed by atoms with E-state index in [1.54, 1.807) is 55.6 Å². The first-order valence-corrected chi connectivity index (χ1v) is 13.0. The second-order valence-corrected chi connectivity index (χ2v) is 10.4. The Bertz CT molecular complexity index is 1690. The zero-order chi connectivity index (χ0) is 27.4. The smallest absolute Gasteiger partial charge is 0.301 e. The average Bonchev–Trinajstić information content (AvgIpc) is 3.60. The number of hydrogen-bond acceptors (Lipinski definition) is 9. The highest BCUT2D eigenvalue weighted by Crippen LogP contribution is 2.46. The van der Waals surface area contributed by atoms with Crippen LogP contribution in [0.2, 0.25) is 0 Å². The lowest BCUT2D eigenvalue weighted by Crippen LogP contribution is -2.29. The van der Waals surface area contributed by atoms with E-state index in [1.165, 1.54) is 29.4 Å². The second-order valence-electron chi connectivity index (χ2n) is 9.39. The van der Waals surface area contributed by atoms with E-state index in [0.717, 1.165) is 16.0 Å². The Labute approximate surface area is 227 Å². The summed E-state index contributed by atoms with van der Waals surface area (Å²) in [5.74, 6) is -0.547. The monoisotopic (exact) mass is 544 g/mol. The van der Waals surface area contributed by atoms with Crippen LogP contribution in [0.5, 0.6) is 23.0 Å². The zero-order valence-corrected chi connectivity index (χ0v) is 22.1. The highest BCUT2D eigenvalue weighted by atomic mass is 32.1. The van der Waals surface area contributed by atoms with E-state index >= 15 is 0 Å². The number of aromatic hydroxyl groups is 1. The van der Waals surface area contributed by atoms with Gasteiger partial charge in [-0.25, -0.2) is 4.98 Å². The van der Waals surface area contributed by atoms with Gasteiger partial charge in [0.15, 0.2) is 16.6 Å². The maximum atomic E-state index is 13.6. The van der Waals surface area contributed by atoms with Crippen LogP contribution in [0.3, 0.4) is 0 Å². The summed E-state index contributed by atoms with van der Waals surface area (Å²) >= 11 is 1.23. The quantitative estimate of drug-likeness (QED) is 0.205. The normalized spacial score (nSPS) is 19.8. The van der Waals surface area contributed by atoms with Gasteiger partial charge in [0, 0.05) is 12.0 Å². The summed E-state index contributed by atoms with van der Waals surface area (Å²) in [6.45, 7) is 1.96. The first-order chi connectivity index (χ1) is 18.8. The molecule has 0 radical (unpaired) electrons. The highest BCUT2D eigenvalue weighted by molar-refractivity contribution is 7.22. The Kier molecular flexibility index (Phi) is 5.91. The Morgan fingerprint density at radius 1 is 1.08 bits per heavy atom. The third-order valence-corrected chi connectivity index (χ3v) is 7.94. The number of nitrogens with zero attached hydrogens (tertiary/aromatic N) is 2. The molecule has 2 aliphatic heterocycles. The number of benzene rings is 3. The number of phenols is 1. The van der Waals surface area contributed by atoms with Gasteiger partial charge in [-0.05, 0) is 66.6 Å². The molecule has 0 spiro atoms. The highest BCUT2D eigenvalue weighted by Gasteiger charge is 2.48. The maximum Gasteiger partial charge on any atom is 0.301 e. The Hall–Kier alpha value is -4.57. The van der Waals surface area contributed by atoms with E-state index in [1.807, 2.05) is 6.92 Å². The lowest BCUT2D eigenvalue weighted by Gasteiger charge is -2.23. The van der Waals surface area contributed by atoms with Gasteiger partial charge in [-0.2, -0.15) is 0 Å². The van der Waals surface area contributed by atoms with Crippen LogP contribution >= 0.6 is 11.3 Å². The number of amides is 1. The summed E-state index contributed by atoms with van der Waals surface area (Å²) in [5.41, 5.74) is 2.31. The van der Waals surface area contributed by atoms with Gasteiger partial charge in [-0.3, -0.25) is 14.5 Å². The fraction of sp³-hybridized carbons (Fsp3) is 0.207. The molecule has 9 nitrogen and oxygen atoms in total. The van der Waals surface area contributed by atoms with Gasteiger partial charge in [0.2, 0.25) is 0 Å². The number of hydrogen-bond donors (Lipinski definition) is 2. The summed E-state index contributed by atoms with van der Waals surface area (Å²) < 4.78 is 17.1. The van der Waals surface area contributed by atoms with Crippen molar-refractivity contribution in [3.63, 3.8) is 0 Å². The predicted molar refractivity (Wildman–Crippen MR) is 146 cm³/mol. The molecular formula is C29H24N2O7S. The molecule has 3 aromatic carbocycles. The molecule has 0 bridgehead atoms. The van der Waals surface area contributed by atoms with Crippen molar-refractivity contribution >= 4 is 44.1 Å².